The number of rotatable bonds is 6. The van der Waals surface area contributed by atoms with Crippen molar-refractivity contribution in [2.45, 2.75) is 32.4 Å². The molecule has 0 fully saturated rings. The summed E-state index contributed by atoms with van der Waals surface area (Å²) in [5.74, 6) is -0.700. The maximum absolute atomic E-state index is 11.7. The van der Waals surface area contributed by atoms with Crippen LogP contribution in [0.5, 0.6) is 0 Å². The van der Waals surface area contributed by atoms with Crippen LogP contribution in [0.15, 0.2) is 24.3 Å². The molecule has 7 heteroatoms. The Morgan fingerprint density at radius 2 is 2.14 bits per heavy atom. The summed E-state index contributed by atoms with van der Waals surface area (Å²) in [5.41, 5.74) is -0.245. The molecule has 0 saturated heterocycles. The Hall–Kier alpha value is -1.99. The number of benzene rings is 1. The van der Waals surface area contributed by atoms with Crippen molar-refractivity contribution in [2.24, 2.45) is 0 Å². The molecule has 1 rings (SSSR count). The summed E-state index contributed by atoms with van der Waals surface area (Å²) >= 11 is 0. The number of nitrogens with zero attached hydrogens (tertiary/aromatic N) is 1. The number of hydrogen-bond donors (Lipinski definition) is 2. The monoisotopic (exact) mass is 296 g/mol. The highest BCUT2D eigenvalue weighted by atomic mass is 16.6. The SMILES string of the molecule is CC(C)(C)NC[C@@H](O)COC(=O)c1cccc([N+](=O)[O-])c1. The largest absolute Gasteiger partial charge is 0.459 e. The molecular formula is C14H20N2O5. The Bertz CT molecular complexity index is 510. The van der Waals surface area contributed by atoms with Gasteiger partial charge in [0.1, 0.15) is 12.7 Å². The van der Waals surface area contributed by atoms with Crippen LogP contribution in [0.3, 0.4) is 0 Å². The lowest BCUT2D eigenvalue weighted by Crippen LogP contribution is -2.42. The van der Waals surface area contributed by atoms with Crippen LogP contribution in [-0.4, -0.2) is 40.8 Å². The molecule has 116 valence electrons. The van der Waals surface area contributed by atoms with Gasteiger partial charge < -0.3 is 15.2 Å². The van der Waals surface area contributed by atoms with E-state index in [0.717, 1.165) is 6.07 Å². The summed E-state index contributed by atoms with van der Waals surface area (Å²) in [6, 6.07) is 5.27. The summed E-state index contributed by atoms with van der Waals surface area (Å²) < 4.78 is 4.94. The van der Waals surface area contributed by atoms with Gasteiger partial charge in [-0.05, 0) is 26.8 Å². The molecular weight excluding hydrogens is 276 g/mol. The first kappa shape index (κ1) is 17.1. The van der Waals surface area contributed by atoms with Gasteiger partial charge in [-0.1, -0.05) is 6.07 Å². The number of aliphatic hydroxyl groups excluding tert-OH is 1. The molecule has 2 N–H and O–H groups in total. The lowest BCUT2D eigenvalue weighted by Gasteiger charge is -2.22. The minimum atomic E-state index is -0.841. The Kier molecular flexibility index (Phi) is 5.80. The summed E-state index contributed by atoms with van der Waals surface area (Å²) in [4.78, 5) is 21.8. The number of nitrogens with one attached hydrogen (secondary N) is 1. The molecule has 0 unspecified atom stereocenters. The van der Waals surface area contributed by atoms with Gasteiger partial charge in [-0.2, -0.15) is 0 Å². The van der Waals surface area contributed by atoms with Crippen LogP contribution in [0, 0.1) is 10.1 Å². The van der Waals surface area contributed by atoms with Gasteiger partial charge in [0.15, 0.2) is 0 Å². The van der Waals surface area contributed by atoms with E-state index in [2.05, 4.69) is 5.32 Å². The number of aliphatic hydroxyl groups is 1. The highest BCUT2D eigenvalue weighted by molar-refractivity contribution is 5.90. The normalized spacial score (nSPS) is 12.8. The predicted molar refractivity (Wildman–Crippen MR) is 77.1 cm³/mol. The zero-order chi connectivity index (χ0) is 16.0. The number of carbonyl (C=O) groups is 1. The highest BCUT2D eigenvalue weighted by Crippen LogP contribution is 2.14. The Labute approximate surface area is 123 Å². The third kappa shape index (κ3) is 6.33. The highest BCUT2D eigenvalue weighted by Gasteiger charge is 2.16. The first-order valence-corrected chi connectivity index (χ1v) is 6.54. The zero-order valence-corrected chi connectivity index (χ0v) is 12.3. The summed E-state index contributed by atoms with van der Waals surface area (Å²) in [5, 5.41) is 23.4. The third-order valence-corrected chi connectivity index (χ3v) is 2.57. The Balaban J connectivity index is 2.50. The first-order valence-electron chi connectivity index (χ1n) is 6.54. The van der Waals surface area contributed by atoms with Crippen molar-refractivity contribution in [3.05, 3.63) is 39.9 Å². The molecule has 0 bridgehead atoms. The molecule has 0 amide bonds. The minimum absolute atomic E-state index is 0.0835. The molecule has 0 heterocycles. The molecule has 21 heavy (non-hydrogen) atoms. The van der Waals surface area contributed by atoms with Gasteiger partial charge in [0.2, 0.25) is 0 Å². The van der Waals surface area contributed by atoms with Crippen LogP contribution in [0.4, 0.5) is 5.69 Å². The maximum Gasteiger partial charge on any atom is 0.338 e. The van der Waals surface area contributed by atoms with E-state index in [-0.39, 0.29) is 29.9 Å². The van der Waals surface area contributed by atoms with Crippen LogP contribution in [0.25, 0.3) is 0 Å². The van der Waals surface area contributed by atoms with Crippen molar-refractivity contribution in [1.29, 1.82) is 0 Å². The van der Waals surface area contributed by atoms with Crippen molar-refractivity contribution in [1.82, 2.24) is 5.32 Å². The molecule has 0 spiro atoms. The van der Waals surface area contributed by atoms with E-state index < -0.39 is 17.0 Å². The summed E-state index contributed by atoms with van der Waals surface area (Å²) in [7, 11) is 0. The van der Waals surface area contributed by atoms with Gasteiger partial charge >= 0.3 is 5.97 Å². The van der Waals surface area contributed by atoms with E-state index in [1.54, 1.807) is 0 Å². The van der Waals surface area contributed by atoms with Gasteiger partial charge in [-0.15, -0.1) is 0 Å². The van der Waals surface area contributed by atoms with Crippen molar-refractivity contribution >= 4 is 11.7 Å². The number of carbonyl (C=O) groups excluding carboxylic acids is 1. The molecule has 0 aliphatic carbocycles. The van der Waals surface area contributed by atoms with Gasteiger partial charge in [-0.25, -0.2) is 4.79 Å². The van der Waals surface area contributed by atoms with E-state index in [1.807, 2.05) is 20.8 Å². The molecule has 0 radical (unpaired) electrons. The second-order valence-electron chi connectivity index (χ2n) is 5.69. The Morgan fingerprint density at radius 1 is 1.48 bits per heavy atom. The van der Waals surface area contributed by atoms with Gasteiger partial charge in [-0.3, -0.25) is 10.1 Å². The number of β-amino-alcohol motifs (C(OH)–C–C–N with tert-alkyl or cyclic N) is 1. The number of esters is 1. The number of nitro benzene ring substituents is 1. The molecule has 1 aromatic carbocycles. The Morgan fingerprint density at radius 3 is 2.71 bits per heavy atom. The van der Waals surface area contributed by atoms with Gasteiger partial charge in [0, 0.05) is 24.2 Å². The molecule has 0 aromatic heterocycles. The van der Waals surface area contributed by atoms with Crippen molar-refractivity contribution < 1.29 is 19.6 Å². The lowest BCUT2D eigenvalue weighted by molar-refractivity contribution is -0.384. The summed E-state index contributed by atoms with van der Waals surface area (Å²) in [6.07, 6.45) is -0.841. The van der Waals surface area contributed by atoms with E-state index in [9.17, 15) is 20.0 Å². The second kappa shape index (κ2) is 7.14. The van der Waals surface area contributed by atoms with E-state index in [4.69, 9.17) is 4.74 Å². The smallest absolute Gasteiger partial charge is 0.338 e. The molecule has 1 atom stereocenters. The topological polar surface area (TPSA) is 102 Å². The number of nitro groups is 1. The lowest BCUT2D eigenvalue weighted by atomic mass is 10.1. The third-order valence-electron chi connectivity index (χ3n) is 2.57. The summed E-state index contributed by atoms with van der Waals surface area (Å²) in [6.45, 7) is 5.97. The number of ether oxygens (including phenoxy) is 1. The fourth-order valence-electron chi connectivity index (χ4n) is 1.48. The van der Waals surface area contributed by atoms with Crippen molar-refractivity contribution in [3.8, 4) is 0 Å². The van der Waals surface area contributed by atoms with Gasteiger partial charge in [0.25, 0.3) is 5.69 Å². The standard InChI is InChI=1S/C14H20N2O5/c1-14(2,3)15-8-12(17)9-21-13(18)10-5-4-6-11(7-10)16(19)20/h4-7,12,15,17H,8-9H2,1-3H3/t12-/m1/s1. The van der Waals surface area contributed by atoms with Crippen LogP contribution in [0.1, 0.15) is 31.1 Å². The average molecular weight is 296 g/mol. The zero-order valence-electron chi connectivity index (χ0n) is 12.3. The minimum Gasteiger partial charge on any atom is -0.459 e. The molecule has 7 nitrogen and oxygen atoms in total. The van der Waals surface area contributed by atoms with Crippen molar-refractivity contribution in [3.63, 3.8) is 0 Å². The first-order chi connectivity index (χ1) is 9.69. The van der Waals surface area contributed by atoms with E-state index >= 15 is 0 Å². The quantitative estimate of drug-likeness (QED) is 0.468. The van der Waals surface area contributed by atoms with E-state index in [1.165, 1.54) is 18.2 Å². The fourth-order valence-corrected chi connectivity index (χ4v) is 1.48. The second-order valence-corrected chi connectivity index (χ2v) is 5.69. The molecule has 0 aliphatic rings. The number of hydrogen-bond acceptors (Lipinski definition) is 6. The van der Waals surface area contributed by atoms with Crippen LogP contribution >= 0.6 is 0 Å². The van der Waals surface area contributed by atoms with Crippen LogP contribution in [0.2, 0.25) is 0 Å². The van der Waals surface area contributed by atoms with Gasteiger partial charge in [0.05, 0.1) is 10.5 Å². The molecule has 1 aromatic rings. The fraction of sp³-hybridized carbons (Fsp3) is 0.500. The van der Waals surface area contributed by atoms with Crippen LogP contribution < -0.4 is 5.32 Å². The van der Waals surface area contributed by atoms with E-state index in [0.29, 0.717) is 0 Å². The predicted octanol–water partition coefficient (Wildman–Crippen LogP) is 1.50. The maximum atomic E-state index is 11.7. The molecule has 0 saturated carbocycles. The molecule has 0 aliphatic heterocycles. The average Bonchev–Trinajstić information content (AvgIpc) is 2.41. The van der Waals surface area contributed by atoms with Crippen molar-refractivity contribution in [2.75, 3.05) is 13.2 Å². The number of non-ortho nitro benzene ring substituents is 1. The van der Waals surface area contributed by atoms with Crippen LogP contribution in [-0.2, 0) is 4.74 Å².